The maximum atomic E-state index is 9.47. The number of nitrogens with two attached hydrogens (primary N) is 2. The highest BCUT2D eigenvalue weighted by Gasteiger charge is 2.37. The van der Waals surface area contributed by atoms with Gasteiger partial charge in [0.25, 0.3) is 0 Å². The Kier molecular flexibility index (Phi) is 4.47. The number of hydrogen-bond donors (Lipinski definition) is 4. The fourth-order valence-electron chi connectivity index (χ4n) is 3.10. The Morgan fingerprint density at radius 2 is 1.38 bits per heavy atom. The monoisotopic (exact) mass is 366 g/mol. The number of rotatable bonds is 2. The summed E-state index contributed by atoms with van der Waals surface area (Å²) in [5, 5.41) is 39.8. The molecule has 1 fully saturated rings. The number of hydrogen-bond acceptors (Lipinski definition) is 12. The summed E-state index contributed by atoms with van der Waals surface area (Å²) >= 11 is 0. The minimum absolute atomic E-state index is 0.0127. The van der Waals surface area contributed by atoms with Crippen molar-refractivity contribution in [2.24, 2.45) is 10.3 Å². The quantitative estimate of drug-likeness (QED) is 0.218. The standard InChI is InChI=1S/C12H18N10O4/c1-5-3-21(11(15-23)7-9(13)19-25-17-7)4-6(2)22(5)12(16-24)8-10(14)20-26-18-8/h5-6,23-24H,3-4H2,1-2H3,(H2,13,19)(H2,14,20)/b15-11+,16-12-/t5-,6-/m1/s1. The molecule has 140 valence electrons. The van der Waals surface area contributed by atoms with Crippen molar-refractivity contribution in [1.82, 2.24) is 30.4 Å². The fraction of sp³-hybridized carbons (Fsp3) is 0.500. The minimum Gasteiger partial charge on any atom is -0.409 e. The third-order valence-electron chi connectivity index (χ3n) is 4.10. The molecule has 0 aromatic carbocycles. The highest BCUT2D eigenvalue weighted by molar-refractivity contribution is 6.02. The first-order valence-electron chi connectivity index (χ1n) is 7.62. The third kappa shape index (κ3) is 2.80. The van der Waals surface area contributed by atoms with Crippen molar-refractivity contribution in [3.05, 3.63) is 11.4 Å². The van der Waals surface area contributed by atoms with Crippen LogP contribution in [0, 0.1) is 0 Å². The summed E-state index contributed by atoms with van der Waals surface area (Å²) in [4.78, 5) is 3.58. The Bertz CT molecular complexity index is 818. The van der Waals surface area contributed by atoms with Crippen molar-refractivity contribution in [2.45, 2.75) is 25.9 Å². The lowest BCUT2D eigenvalue weighted by molar-refractivity contribution is 0.132. The van der Waals surface area contributed by atoms with Gasteiger partial charge in [-0.05, 0) is 34.5 Å². The second-order valence-corrected chi connectivity index (χ2v) is 5.85. The Morgan fingerprint density at radius 3 is 1.77 bits per heavy atom. The van der Waals surface area contributed by atoms with Gasteiger partial charge in [0.05, 0.1) is 0 Å². The zero-order valence-electron chi connectivity index (χ0n) is 14.0. The second kappa shape index (κ2) is 6.73. The zero-order chi connectivity index (χ0) is 18.8. The summed E-state index contributed by atoms with van der Waals surface area (Å²) in [7, 11) is 0. The number of nitrogens with zero attached hydrogens (tertiary/aromatic N) is 8. The van der Waals surface area contributed by atoms with Crippen molar-refractivity contribution >= 4 is 23.3 Å². The lowest BCUT2D eigenvalue weighted by Crippen LogP contribution is -2.60. The molecule has 3 rings (SSSR count). The largest absolute Gasteiger partial charge is 0.409 e. The summed E-state index contributed by atoms with van der Waals surface area (Å²) in [6.45, 7) is 4.55. The second-order valence-electron chi connectivity index (χ2n) is 5.85. The van der Waals surface area contributed by atoms with E-state index in [1.165, 1.54) is 0 Å². The summed E-state index contributed by atoms with van der Waals surface area (Å²) in [6, 6.07) is -0.392. The van der Waals surface area contributed by atoms with Crippen LogP contribution in [-0.2, 0) is 0 Å². The molecule has 0 bridgehead atoms. The van der Waals surface area contributed by atoms with Crippen molar-refractivity contribution in [1.29, 1.82) is 0 Å². The Hall–Kier alpha value is -3.58. The third-order valence-corrected chi connectivity index (χ3v) is 4.10. The van der Waals surface area contributed by atoms with Crippen LogP contribution in [0.3, 0.4) is 0 Å². The molecule has 0 unspecified atom stereocenters. The molecule has 0 amide bonds. The van der Waals surface area contributed by atoms with Crippen molar-refractivity contribution in [3.63, 3.8) is 0 Å². The van der Waals surface area contributed by atoms with Crippen LogP contribution >= 0.6 is 0 Å². The van der Waals surface area contributed by atoms with Gasteiger partial charge in [0.2, 0.25) is 11.7 Å². The predicted octanol–water partition coefficient (Wildman–Crippen LogP) is -1.02. The fourth-order valence-corrected chi connectivity index (χ4v) is 3.10. The van der Waals surface area contributed by atoms with E-state index in [0.717, 1.165) is 0 Å². The van der Waals surface area contributed by atoms with E-state index in [-0.39, 0.29) is 46.8 Å². The molecule has 26 heavy (non-hydrogen) atoms. The normalized spacial score (nSPS) is 22.1. The van der Waals surface area contributed by atoms with Crippen LogP contribution in [-0.4, -0.2) is 77.7 Å². The molecule has 2 atom stereocenters. The van der Waals surface area contributed by atoms with Crippen LogP contribution in [0.2, 0.25) is 0 Å². The van der Waals surface area contributed by atoms with E-state index < -0.39 is 0 Å². The van der Waals surface area contributed by atoms with E-state index in [0.29, 0.717) is 13.1 Å². The Balaban J connectivity index is 1.86. The van der Waals surface area contributed by atoms with E-state index in [9.17, 15) is 10.4 Å². The van der Waals surface area contributed by atoms with Gasteiger partial charge in [-0.3, -0.25) is 0 Å². The lowest BCUT2D eigenvalue weighted by Gasteiger charge is -2.45. The molecule has 0 spiro atoms. The number of aromatic nitrogens is 4. The molecule has 3 heterocycles. The number of oxime groups is 2. The highest BCUT2D eigenvalue weighted by atomic mass is 16.6. The van der Waals surface area contributed by atoms with Gasteiger partial charge in [-0.2, -0.15) is 0 Å². The first-order chi connectivity index (χ1) is 12.5. The van der Waals surface area contributed by atoms with E-state index in [1.807, 2.05) is 18.7 Å². The SMILES string of the molecule is C[C@@H]1CN(/C(=N/O)c2nonc2N)C[C@@H](C)N1/C(=N\O)c1nonc1N. The van der Waals surface area contributed by atoms with Crippen molar-refractivity contribution in [2.75, 3.05) is 24.6 Å². The maximum absolute atomic E-state index is 9.47. The number of anilines is 2. The van der Waals surface area contributed by atoms with Crippen molar-refractivity contribution in [3.8, 4) is 0 Å². The molecule has 1 aliphatic rings. The highest BCUT2D eigenvalue weighted by Crippen LogP contribution is 2.23. The molecule has 2 aromatic rings. The van der Waals surface area contributed by atoms with Gasteiger partial charge in [0, 0.05) is 25.2 Å². The van der Waals surface area contributed by atoms with Crippen LogP contribution in [0.1, 0.15) is 25.2 Å². The molecule has 0 radical (unpaired) electrons. The molecule has 1 saturated heterocycles. The van der Waals surface area contributed by atoms with Gasteiger partial charge in [0.15, 0.2) is 23.0 Å². The van der Waals surface area contributed by atoms with Crippen LogP contribution in [0.25, 0.3) is 0 Å². The predicted molar refractivity (Wildman–Crippen MR) is 86.4 cm³/mol. The number of nitrogen functional groups attached to an aromatic ring is 2. The molecule has 14 heteroatoms. The molecular formula is C12H18N10O4. The van der Waals surface area contributed by atoms with Crippen LogP contribution in [0.5, 0.6) is 0 Å². The van der Waals surface area contributed by atoms with E-state index >= 15 is 0 Å². The van der Waals surface area contributed by atoms with Crippen LogP contribution < -0.4 is 11.5 Å². The molecule has 14 nitrogen and oxygen atoms in total. The van der Waals surface area contributed by atoms with Crippen LogP contribution in [0.15, 0.2) is 19.6 Å². The molecular weight excluding hydrogens is 348 g/mol. The topological polar surface area (TPSA) is 202 Å². The maximum Gasteiger partial charge on any atom is 0.202 e. The van der Waals surface area contributed by atoms with Gasteiger partial charge in [0.1, 0.15) is 0 Å². The first kappa shape index (κ1) is 17.2. The molecule has 0 saturated carbocycles. The molecule has 1 aliphatic heterocycles. The van der Waals surface area contributed by atoms with Gasteiger partial charge in [-0.25, -0.2) is 9.26 Å². The van der Waals surface area contributed by atoms with E-state index in [2.05, 4.69) is 40.2 Å². The van der Waals surface area contributed by atoms with Gasteiger partial charge >= 0.3 is 0 Å². The first-order valence-corrected chi connectivity index (χ1v) is 7.62. The zero-order valence-corrected chi connectivity index (χ0v) is 14.0. The van der Waals surface area contributed by atoms with Gasteiger partial charge < -0.3 is 31.7 Å². The summed E-state index contributed by atoms with van der Waals surface area (Å²) in [6.07, 6.45) is 0. The van der Waals surface area contributed by atoms with Gasteiger partial charge in [-0.15, -0.1) is 0 Å². The van der Waals surface area contributed by atoms with E-state index in [1.54, 1.807) is 4.90 Å². The molecule has 6 N–H and O–H groups in total. The number of piperazine rings is 1. The molecule has 0 aliphatic carbocycles. The van der Waals surface area contributed by atoms with Gasteiger partial charge in [-0.1, -0.05) is 10.3 Å². The summed E-state index contributed by atoms with van der Waals surface area (Å²) in [5.41, 5.74) is 11.7. The average Bonchev–Trinajstić information content (AvgIpc) is 3.21. The lowest BCUT2D eigenvalue weighted by atomic mass is 10.1. The van der Waals surface area contributed by atoms with E-state index in [4.69, 9.17) is 11.5 Å². The van der Waals surface area contributed by atoms with Crippen LogP contribution in [0.4, 0.5) is 11.6 Å². The Labute approximate surface area is 146 Å². The van der Waals surface area contributed by atoms with Crippen molar-refractivity contribution < 1.29 is 19.7 Å². The number of amidine groups is 2. The molecule has 2 aromatic heterocycles. The summed E-state index contributed by atoms with van der Waals surface area (Å²) in [5.74, 6) is 0.291. The average molecular weight is 366 g/mol. The Morgan fingerprint density at radius 1 is 0.923 bits per heavy atom. The smallest absolute Gasteiger partial charge is 0.202 e. The summed E-state index contributed by atoms with van der Waals surface area (Å²) < 4.78 is 9.15. The minimum atomic E-state index is -0.196.